The van der Waals surface area contributed by atoms with E-state index in [1.807, 2.05) is 6.21 Å². The van der Waals surface area contributed by atoms with Gasteiger partial charge in [0.15, 0.2) is 0 Å². The summed E-state index contributed by atoms with van der Waals surface area (Å²) in [6, 6.07) is 1.64. The molecule has 1 aromatic heterocycles. The third kappa shape index (κ3) is 3.06. The van der Waals surface area contributed by atoms with Crippen molar-refractivity contribution in [2.75, 3.05) is 0 Å². The van der Waals surface area contributed by atoms with Gasteiger partial charge in [0.2, 0.25) is 0 Å². The van der Waals surface area contributed by atoms with E-state index in [-0.39, 0.29) is 5.91 Å². The van der Waals surface area contributed by atoms with Crippen LogP contribution in [0.15, 0.2) is 34.0 Å². The molecule has 1 N–H and O–H groups in total. The SMILES string of the molecule is Cc1occc1C(=O)NN=CC1CC=CCC1. The number of allylic oxidation sites excluding steroid dienone is 2. The summed E-state index contributed by atoms with van der Waals surface area (Å²) in [6.07, 6.45) is 10.8. The van der Waals surface area contributed by atoms with Crippen LogP contribution in [0.25, 0.3) is 0 Å². The highest BCUT2D eigenvalue weighted by Gasteiger charge is 2.10. The number of rotatable bonds is 3. The van der Waals surface area contributed by atoms with Gasteiger partial charge < -0.3 is 4.42 Å². The highest BCUT2D eigenvalue weighted by atomic mass is 16.3. The van der Waals surface area contributed by atoms with Crippen LogP contribution in [-0.4, -0.2) is 12.1 Å². The molecule has 1 aromatic rings. The van der Waals surface area contributed by atoms with Gasteiger partial charge in [0, 0.05) is 6.21 Å². The maximum atomic E-state index is 11.7. The number of carbonyl (C=O) groups excluding carboxylic acids is 1. The first-order chi connectivity index (χ1) is 8.27. The molecule has 0 aliphatic heterocycles. The second-order valence-electron chi connectivity index (χ2n) is 4.15. The number of carbonyl (C=O) groups is 1. The lowest BCUT2D eigenvalue weighted by atomic mass is 9.96. The normalized spacial score (nSPS) is 19.7. The van der Waals surface area contributed by atoms with Crippen LogP contribution in [0.4, 0.5) is 0 Å². The average Bonchev–Trinajstić information content (AvgIpc) is 2.77. The first kappa shape index (κ1) is 11.6. The van der Waals surface area contributed by atoms with E-state index < -0.39 is 0 Å². The molecule has 1 aliphatic rings. The second kappa shape index (κ2) is 5.48. The molecule has 1 heterocycles. The molecule has 90 valence electrons. The van der Waals surface area contributed by atoms with Crippen LogP contribution < -0.4 is 5.43 Å². The molecule has 0 spiro atoms. The third-order valence-corrected chi connectivity index (χ3v) is 2.86. The van der Waals surface area contributed by atoms with Gasteiger partial charge in [-0.25, -0.2) is 5.43 Å². The van der Waals surface area contributed by atoms with E-state index in [1.165, 1.54) is 6.26 Å². The number of aryl methyl sites for hydroxylation is 1. The first-order valence-corrected chi connectivity index (χ1v) is 5.80. The summed E-state index contributed by atoms with van der Waals surface area (Å²) < 4.78 is 5.06. The molecule has 1 aliphatic carbocycles. The fraction of sp³-hybridized carbons (Fsp3) is 0.385. The number of nitrogens with zero attached hydrogens (tertiary/aromatic N) is 1. The Labute approximate surface area is 100 Å². The van der Waals surface area contributed by atoms with Crippen molar-refractivity contribution in [1.82, 2.24) is 5.43 Å². The van der Waals surface area contributed by atoms with Crippen molar-refractivity contribution < 1.29 is 9.21 Å². The maximum Gasteiger partial charge on any atom is 0.274 e. The van der Waals surface area contributed by atoms with Crippen molar-refractivity contribution in [1.29, 1.82) is 0 Å². The number of hydrazone groups is 1. The van der Waals surface area contributed by atoms with Crippen molar-refractivity contribution in [2.45, 2.75) is 26.2 Å². The van der Waals surface area contributed by atoms with Gasteiger partial charge in [-0.1, -0.05) is 12.2 Å². The van der Waals surface area contributed by atoms with Crippen molar-refractivity contribution in [2.24, 2.45) is 11.0 Å². The standard InChI is InChI=1S/C13H16N2O2/c1-10-12(7-8-17-10)13(16)15-14-9-11-5-3-2-4-6-11/h2-3,7-9,11H,4-6H2,1H3,(H,15,16). The number of furan rings is 1. The predicted molar refractivity (Wildman–Crippen MR) is 65.9 cm³/mol. The minimum atomic E-state index is -0.223. The van der Waals surface area contributed by atoms with E-state index in [4.69, 9.17) is 4.42 Å². The molecular formula is C13H16N2O2. The number of nitrogens with one attached hydrogen (secondary N) is 1. The van der Waals surface area contributed by atoms with E-state index in [9.17, 15) is 4.79 Å². The lowest BCUT2D eigenvalue weighted by Crippen LogP contribution is -2.19. The van der Waals surface area contributed by atoms with Crippen LogP contribution in [0.3, 0.4) is 0 Å². The molecule has 1 amide bonds. The molecule has 0 fully saturated rings. The predicted octanol–water partition coefficient (Wildman–Crippen LogP) is 2.66. The second-order valence-corrected chi connectivity index (χ2v) is 4.15. The largest absolute Gasteiger partial charge is 0.469 e. The molecular weight excluding hydrogens is 216 g/mol. The van der Waals surface area contributed by atoms with Crippen LogP contribution in [0, 0.1) is 12.8 Å². The average molecular weight is 232 g/mol. The summed E-state index contributed by atoms with van der Waals surface area (Å²) in [7, 11) is 0. The Balaban J connectivity index is 1.86. The monoisotopic (exact) mass is 232 g/mol. The summed E-state index contributed by atoms with van der Waals surface area (Å²) in [4.78, 5) is 11.7. The molecule has 0 aromatic carbocycles. The lowest BCUT2D eigenvalue weighted by Gasteiger charge is -2.11. The molecule has 1 unspecified atom stereocenters. The van der Waals surface area contributed by atoms with E-state index in [1.54, 1.807) is 13.0 Å². The molecule has 2 rings (SSSR count). The topological polar surface area (TPSA) is 54.6 Å². The Bertz CT molecular complexity index is 446. The van der Waals surface area contributed by atoms with E-state index in [0.29, 0.717) is 17.2 Å². The number of amides is 1. The minimum Gasteiger partial charge on any atom is -0.469 e. The number of hydrogen-bond donors (Lipinski definition) is 1. The van der Waals surface area contributed by atoms with Crippen molar-refractivity contribution in [3.05, 3.63) is 35.8 Å². The van der Waals surface area contributed by atoms with Gasteiger partial charge in [-0.2, -0.15) is 5.10 Å². The van der Waals surface area contributed by atoms with Crippen LogP contribution >= 0.6 is 0 Å². The lowest BCUT2D eigenvalue weighted by molar-refractivity contribution is 0.0953. The van der Waals surface area contributed by atoms with Gasteiger partial charge in [0.05, 0.1) is 11.8 Å². The summed E-state index contributed by atoms with van der Waals surface area (Å²) in [5.74, 6) is 0.822. The highest BCUT2D eigenvalue weighted by molar-refractivity contribution is 5.95. The third-order valence-electron chi connectivity index (χ3n) is 2.86. The highest BCUT2D eigenvalue weighted by Crippen LogP contribution is 2.15. The number of hydrogen-bond acceptors (Lipinski definition) is 3. The van der Waals surface area contributed by atoms with E-state index in [0.717, 1.165) is 19.3 Å². The van der Waals surface area contributed by atoms with E-state index in [2.05, 4.69) is 22.7 Å². The van der Waals surface area contributed by atoms with Crippen LogP contribution in [0.5, 0.6) is 0 Å². The molecule has 0 saturated carbocycles. The maximum absolute atomic E-state index is 11.7. The van der Waals surface area contributed by atoms with Crippen LogP contribution in [0.2, 0.25) is 0 Å². The fourth-order valence-electron chi connectivity index (χ4n) is 1.83. The molecule has 4 heteroatoms. The quantitative estimate of drug-likeness (QED) is 0.495. The molecule has 0 radical (unpaired) electrons. The Hall–Kier alpha value is -1.84. The fourth-order valence-corrected chi connectivity index (χ4v) is 1.83. The summed E-state index contributed by atoms with van der Waals surface area (Å²) >= 11 is 0. The van der Waals surface area contributed by atoms with E-state index >= 15 is 0 Å². The van der Waals surface area contributed by atoms with Crippen LogP contribution in [0.1, 0.15) is 35.4 Å². The van der Waals surface area contributed by atoms with Gasteiger partial charge in [-0.15, -0.1) is 0 Å². The zero-order valence-corrected chi connectivity index (χ0v) is 9.85. The summed E-state index contributed by atoms with van der Waals surface area (Å²) in [5.41, 5.74) is 3.05. The molecule has 1 atom stereocenters. The summed E-state index contributed by atoms with van der Waals surface area (Å²) in [5, 5.41) is 3.99. The van der Waals surface area contributed by atoms with Crippen molar-refractivity contribution in [3.8, 4) is 0 Å². The molecule has 17 heavy (non-hydrogen) atoms. The first-order valence-electron chi connectivity index (χ1n) is 5.80. The van der Waals surface area contributed by atoms with Crippen molar-refractivity contribution >= 4 is 12.1 Å². The zero-order chi connectivity index (χ0) is 12.1. The Kier molecular flexibility index (Phi) is 3.75. The van der Waals surface area contributed by atoms with Gasteiger partial charge >= 0.3 is 0 Å². The van der Waals surface area contributed by atoms with Crippen molar-refractivity contribution in [3.63, 3.8) is 0 Å². The van der Waals surface area contributed by atoms with Gasteiger partial charge in [-0.05, 0) is 38.2 Å². The van der Waals surface area contributed by atoms with Crippen LogP contribution in [-0.2, 0) is 0 Å². The molecule has 0 bridgehead atoms. The Morgan fingerprint density at radius 1 is 1.59 bits per heavy atom. The Morgan fingerprint density at radius 2 is 2.47 bits per heavy atom. The van der Waals surface area contributed by atoms with Gasteiger partial charge in [0.1, 0.15) is 5.76 Å². The smallest absolute Gasteiger partial charge is 0.274 e. The Morgan fingerprint density at radius 3 is 3.12 bits per heavy atom. The zero-order valence-electron chi connectivity index (χ0n) is 9.85. The molecule has 0 saturated heterocycles. The van der Waals surface area contributed by atoms with Gasteiger partial charge in [-0.3, -0.25) is 4.79 Å². The molecule has 4 nitrogen and oxygen atoms in total. The summed E-state index contributed by atoms with van der Waals surface area (Å²) in [6.45, 7) is 1.75. The van der Waals surface area contributed by atoms with Gasteiger partial charge in [0.25, 0.3) is 5.91 Å². The minimum absolute atomic E-state index is 0.223.